The number of benzene rings is 2. The van der Waals surface area contributed by atoms with Gasteiger partial charge in [-0.2, -0.15) is 0 Å². The molecule has 2 aliphatic heterocycles. The molecule has 4 rings (SSSR count). The van der Waals surface area contributed by atoms with Gasteiger partial charge in [0.2, 0.25) is 0 Å². The lowest BCUT2D eigenvalue weighted by atomic mass is 9.96. The number of piperidine rings is 1. The van der Waals surface area contributed by atoms with Crippen LogP contribution >= 0.6 is 0 Å². The second-order valence-electron chi connectivity index (χ2n) is 8.12. The maximum atomic E-state index is 5.80. The first-order valence-corrected chi connectivity index (χ1v) is 10.7. The number of methoxy groups -OCH3 is 1. The maximum absolute atomic E-state index is 5.80. The van der Waals surface area contributed by atoms with Crippen molar-refractivity contribution in [3.63, 3.8) is 0 Å². The number of anilines is 1. The van der Waals surface area contributed by atoms with E-state index in [9.17, 15) is 0 Å². The van der Waals surface area contributed by atoms with Crippen LogP contribution in [0.3, 0.4) is 0 Å². The van der Waals surface area contributed by atoms with E-state index in [1.807, 2.05) is 0 Å². The molecule has 0 aromatic heterocycles. The van der Waals surface area contributed by atoms with Gasteiger partial charge in [-0.15, -0.1) is 0 Å². The second kappa shape index (κ2) is 9.55. The molecule has 150 valence electrons. The Morgan fingerprint density at radius 3 is 2.75 bits per heavy atom. The third-order valence-electron chi connectivity index (χ3n) is 6.12. The Morgan fingerprint density at radius 2 is 1.96 bits per heavy atom. The van der Waals surface area contributed by atoms with Gasteiger partial charge in [0.25, 0.3) is 0 Å². The van der Waals surface area contributed by atoms with Crippen molar-refractivity contribution in [1.29, 1.82) is 0 Å². The molecule has 2 N–H and O–H groups in total. The smallest absolute Gasteiger partial charge is 0.133 e. The first kappa shape index (κ1) is 19.4. The molecule has 0 bridgehead atoms. The molecule has 0 saturated carbocycles. The highest BCUT2D eigenvalue weighted by molar-refractivity contribution is 5.57. The Morgan fingerprint density at radius 1 is 1.14 bits per heavy atom. The molecule has 1 fully saturated rings. The summed E-state index contributed by atoms with van der Waals surface area (Å²) in [5.74, 6) is 0.748. The topological polar surface area (TPSA) is 36.5 Å². The molecule has 4 nitrogen and oxygen atoms in total. The number of nitrogens with zero attached hydrogens (tertiary/aromatic N) is 1. The van der Waals surface area contributed by atoms with Crippen LogP contribution < -0.4 is 15.5 Å². The number of fused-ring (bicyclic) bond motifs is 1. The Labute approximate surface area is 169 Å². The highest BCUT2D eigenvalue weighted by Crippen LogP contribution is 2.31. The summed E-state index contributed by atoms with van der Waals surface area (Å²) in [4.78, 5) is 2.52. The van der Waals surface area contributed by atoms with Crippen LogP contribution in [-0.2, 0) is 17.7 Å². The van der Waals surface area contributed by atoms with Crippen molar-refractivity contribution in [1.82, 2.24) is 10.6 Å². The molecule has 0 aliphatic carbocycles. The van der Waals surface area contributed by atoms with Gasteiger partial charge in [0.1, 0.15) is 6.23 Å². The summed E-state index contributed by atoms with van der Waals surface area (Å²) in [5, 5.41) is 7.09. The van der Waals surface area contributed by atoms with Crippen LogP contribution in [0.5, 0.6) is 0 Å². The van der Waals surface area contributed by atoms with Crippen molar-refractivity contribution >= 4 is 5.69 Å². The second-order valence-corrected chi connectivity index (χ2v) is 8.12. The molecule has 2 aliphatic rings. The number of hydrogen-bond acceptors (Lipinski definition) is 4. The lowest BCUT2D eigenvalue weighted by Crippen LogP contribution is -2.35. The lowest BCUT2D eigenvalue weighted by molar-refractivity contribution is 0.0681. The van der Waals surface area contributed by atoms with Crippen LogP contribution in [0.1, 0.15) is 42.2 Å². The van der Waals surface area contributed by atoms with Crippen molar-refractivity contribution in [2.45, 2.75) is 38.5 Å². The molecule has 0 radical (unpaired) electrons. The Hall–Kier alpha value is -1.88. The minimum absolute atomic E-state index is 0.0234. The normalized spacial score (nSPS) is 18.7. The van der Waals surface area contributed by atoms with Gasteiger partial charge in [0, 0.05) is 32.4 Å². The molecule has 2 aromatic rings. The van der Waals surface area contributed by atoms with Crippen LogP contribution in [0.25, 0.3) is 0 Å². The predicted molar refractivity (Wildman–Crippen MR) is 116 cm³/mol. The summed E-state index contributed by atoms with van der Waals surface area (Å²) in [6.45, 7) is 5.41. The van der Waals surface area contributed by atoms with Crippen molar-refractivity contribution < 1.29 is 4.74 Å². The van der Waals surface area contributed by atoms with E-state index in [0.717, 1.165) is 45.1 Å². The van der Waals surface area contributed by atoms with E-state index in [2.05, 4.69) is 64.1 Å². The van der Waals surface area contributed by atoms with Crippen LogP contribution in [0.2, 0.25) is 0 Å². The predicted octanol–water partition coefficient (Wildman–Crippen LogP) is 3.87. The minimum atomic E-state index is -0.0234. The van der Waals surface area contributed by atoms with E-state index in [1.54, 1.807) is 7.11 Å². The maximum Gasteiger partial charge on any atom is 0.133 e. The fourth-order valence-corrected chi connectivity index (χ4v) is 4.52. The van der Waals surface area contributed by atoms with Crippen LogP contribution in [0, 0.1) is 5.92 Å². The van der Waals surface area contributed by atoms with E-state index < -0.39 is 0 Å². The van der Waals surface area contributed by atoms with Crippen LogP contribution in [0.15, 0.2) is 48.5 Å². The van der Waals surface area contributed by atoms with Gasteiger partial charge >= 0.3 is 0 Å². The average Bonchev–Trinajstić information content (AvgIpc) is 2.76. The molecule has 1 unspecified atom stereocenters. The van der Waals surface area contributed by atoms with Gasteiger partial charge in [-0.3, -0.25) is 5.32 Å². The molecular formula is C24H33N3O. The Balaban J connectivity index is 1.44. The summed E-state index contributed by atoms with van der Waals surface area (Å²) < 4.78 is 5.80. The van der Waals surface area contributed by atoms with Crippen LogP contribution in [-0.4, -0.2) is 33.3 Å². The number of nitrogens with one attached hydrogen (secondary N) is 2. The van der Waals surface area contributed by atoms with Gasteiger partial charge in [0.15, 0.2) is 0 Å². The summed E-state index contributed by atoms with van der Waals surface area (Å²) in [7, 11) is 1.81. The SMILES string of the molecule is COC(NCC1CCNCC1)c1ccc2c(c1)CCCN2Cc1ccccc1. The number of aryl methyl sites for hydroxylation is 1. The Bertz CT molecular complexity index is 743. The summed E-state index contributed by atoms with van der Waals surface area (Å²) in [6, 6.07) is 17.7. The molecule has 1 saturated heterocycles. The summed E-state index contributed by atoms with van der Waals surface area (Å²) in [5.41, 5.74) is 5.45. The van der Waals surface area contributed by atoms with Gasteiger partial charge < -0.3 is 15.0 Å². The van der Waals surface area contributed by atoms with E-state index in [1.165, 1.54) is 41.6 Å². The first-order chi connectivity index (χ1) is 13.8. The molecule has 2 aromatic carbocycles. The average molecular weight is 380 g/mol. The highest BCUT2D eigenvalue weighted by Gasteiger charge is 2.21. The Kier molecular flexibility index (Phi) is 6.63. The molecular weight excluding hydrogens is 346 g/mol. The summed E-state index contributed by atoms with van der Waals surface area (Å²) in [6.07, 6.45) is 4.84. The van der Waals surface area contributed by atoms with Gasteiger partial charge in [-0.1, -0.05) is 36.4 Å². The number of ether oxygens (including phenoxy) is 1. The molecule has 0 amide bonds. The lowest BCUT2D eigenvalue weighted by Gasteiger charge is -2.32. The van der Waals surface area contributed by atoms with Crippen molar-refractivity contribution in [2.75, 3.05) is 38.2 Å². The van der Waals surface area contributed by atoms with Gasteiger partial charge in [-0.25, -0.2) is 0 Å². The zero-order valence-corrected chi connectivity index (χ0v) is 17.0. The fraction of sp³-hybridized carbons (Fsp3) is 0.500. The summed E-state index contributed by atoms with van der Waals surface area (Å²) >= 11 is 0. The van der Waals surface area contributed by atoms with Gasteiger partial charge in [-0.05, 0) is 73.5 Å². The first-order valence-electron chi connectivity index (χ1n) is 10.7. The minimum Gasteiger partial charge on any atom is -0.367 e. The zero-order valence-electron chi connectivity index (χ0n) is 17.0. The quantitative estimate of drug-likeness (QED) is 0.716. The van der Waals surface area contributed by atoms with E-state index in [4.69, 9.17) is 4.74 Å². The highest BCUT2D eigenvalue weighted by atomic mass is 16.5. The van der Waals surface area contributed by atoms with Gasteiger partial charge in [0.05, 0.1) is 0 Å². The molecule has 2 heterocycles. The third-order valence-corrected chi connectivity index (χ3v) is 6.12. The number of hydrogen-bond donors (Lipinski definition) is 2. The standard InChI is InChI=1S/C24H33N3O/c1-28-24(26-17-19-11-13-25-14-12-19)22-9-10-23-21(16-22)8-5-15-27(23)18-20-6-3-2-4-7-20/h2-4,6-7,9-10,16,19,24-26H,5,8,11-15,17-18H2,1H3. The molecule has 0 spiro atoms. The monoisotopic (exact) mass is 379 g/mol. The fourth-order valence-electron chi connectivity index (χ4n) is 4.52. The van der Waals surface area contributed by atoms with Crippen molar-refractivity contribution in [3.8, 4) is 0 Å². The van der Waals surface area contributed by atoms with E-state index in [0.29, 0.717) is 0 Å². The van der Waals surface area contributed by atoms with E-state index >= 15 is 0 Å². The molecule has 28 heavy (non-hydrogen) atoms. The molecule has 4 heteroatoms. The zero-order chi connectivity index (χ0) is 19.2. The number of rotatable bonds is 7. The van der Waals surface area contributed by atoms with E-state index in [-0.39, 0.29) is 6.23 Å². The largest absolute Gasteiger partial charge is 0.367 e. The van der Waals surface area contributed by atoms with Crippen molar-refractivity contribution in [3.05, 3.63) is 65.2 Å². The molecule has 1 atom stereocenters. The third kappa shape index (κ3) is 4.75. The van der Waals surface area contributed by atoms with Crippen molar-refractivity contribution in [2.24, 2.45) is 5.92 Å². The van der Waals surface area contributed by atoms with Crippen LogP contribution in [0.4, 0.5) is 5.69 Å².